The van der Waals surface area contributed by atoms with Gasteiger partial charge >= 0.3 is 0 Å². The summed E-state index contributed by atoms with van der Waals surface area (Å²) in [6.45, 7) is 6.21. The molecule has 10 heteroatoms. The summed E-state index contributed by atoms with van der Waals surface area (Å²) < 4.78 is 7.33. The highest BCUT2D eigenvalue weighted by atomic mass is 79.9. The van der Waals surface area contributed by atoms with Crippen LogP contribution in [0, 0.1) is 11.8 Å². The van der Waals surface area contributed by atoms with E-state index in [9.17, 15) is 9.59 Å². The summed E-state index contributed by atoms with van der Waals surface area (Å²) in [5.41, 5.74) is 9.06. The Labute approximate surface area is 248 Å². The number of anilines is 3. The van der Waals surface area contributed by atoms with Crippen molar-refractivity contribution in [2.75, 3.05) is 48.6 Å². The number of nitrogens with one attached hydrogen (secondary N) is 3. The van der Waals surface area contributed by atoms with Crippen molar-refractivity contribution in [3.05, 3.63) is 64.7 Å². The maximum Gasteiger partial charge on any atom is 0.256 e. The Morgan fingerprint density at radius 2 is 1.80 bits per heavy atom. The topological polar surface area (TPSA) is 89.2 Å². The summed E-state index contributed by atoms with van der Waals surface area (Å²) in [5, 5.41) is 8.91. The molecular formula is C31H35BrN6O3. The highest BCUT2D eigenvalue weighted by Crippen LogP contribution is 2.65. The quantitative estimate of drug-likeness (QED) is 0.448. The van der Waals surface area contributed by atoms with E-state index in [1.165, 1.54) is 30.9 Å². The van der Waals surface area contributed by atoms with Crippen LogP contribution in [-0.2, 0) is 14.9 Å². The van der Waals surface area contributed by atoms with E-state index in [1.54, 1.807) is 4.90 Å². The van der Waals surface area contributed by atoms with Gasteiger partial charge in [-0.05, 0) is 88.9 Å². The summed E-state index contributed by atoms with van der Waals surface area (Å²) in [6.07, 6.45) is 5.92. The first-order valence-corrected chi connectivity index (χ1v) is 15.6. The van der Waals surface area contributed by atoms with Gasteiger partial charge in [0.1, 0.15) is 6.23 Å². The fraction of sp³-hybridized carbons (Fsp3) is 0.484. The Hall–Kier alpha value is -3.08. The number of ether oxygens (including phenoxy) is 1. The fourth-order valence-corrected chi connectivity index (χ4v) is 8.71. The van der Waals surface area contributed by atoms with Crippen molar-refractivity contribution < 1.29 is 14.3 Å². The van der Waals surface area contributed by atoms with Crippen LogP contribution >= 0.6 is 15.9 Å². The molecule has 0 aromatic heterocycles. The van der Waals surface area contributed by atoms with Crippen LogP contribution in [0.2, 0.25) is 0 Å². The molecule has 9 nitrogen and oxygen atoms in total. The third kappa shape index (κ3) is 3.87. The number of amides is 2. The minimum Gasteiger partial charge on any atom is -0.366 e. The summed E-state index contributed by atoms with van der Waals surface area (Å²) >= 11 is 3.60. The molecule has 3 N–H and O–H groups in total. The van der Waals surface area contributed by atoms with Gasteiger partial charge in [0.2, 0.25) is 5.91 Å². The van der Waals surface area contributed by atoms with Gasteiger partial charge in [-0.2, -0.15) is 0 Å². The number of hydrogen-bond acceptors (Lipinski definition) is 7. The molecule has 6 fully saturated rings. The third-order valence-corrected chi connectivity index (χ3v) is 11.1. The second-order valence-electron chi connectivity index (χ2n) is 12.5. The highest BCUT2D eigenvalue weighted by Gasteiger charge is 2.57. The zero-order chi connectivity index (χ0) is 27.9. The molecule has 4 heterocycles. The van der Waals surface area contributed by atoms with E-state index in [2.05, 4.69) is 67.8 Å². The van der Waals surface area contributed by atoms with Crippen LogP contribution in [0.3, 0.4) is 0 Å². The molecule has 3 saturated carbocycles. The standard InChI is InChI=1S/C31H35BrN6O3/c1-2-25(39)36-11-12-41-29-26-23(38(35-29)20-5-3-19(4-6-20)31-13-18(14-31)15-31)9-10-37(24(26)16-36)30(40)21-7-8-22(32)28-27(21)33-17-34-28/h2-8,18,23-24,26,29,33-35H,1,9-17H2. The normalized spacial score (nSPS) is 32.8. The first-order valence-electron chi connectivity index (χ1n) is 14.8. The lowest BCUT2D eigenvalue weighted by Crippen LogP contribution is -2.61. The van der Waals surface area contributed by atoms with E-state index in [0.29, 0.717) is 43.9 Å². The maximum absolute atomic E-state index is 14.3. The van der Waals surface area contributed by atoms with Crippen LogP contribution < -0.4 is 21.1 Å². The number of nitrogens with zero attached hydrogens (tertiary/aromatic N) is 3. The first kappa shape index (κ1) is 25.6. The molecule has 2 bridgehead atoms. The van der Waals surface area contributed by atoms with Crippen LogP contribution in [0.15, 0.2) is 53.5 Å². The Balaban J connectivity index is 1.12. The number of rotatable bonds is 4. The van der Waals surface area contributed by atoms with Crippen molar-refractivity contribution in [1.29, 1.82) is 0 Å². The van der Waals surface area contributed by atoms with Gasteiger partial charge in [0.05, 0.1) is 48.0 Å². The molecule has 2 amide bonds. The van der Waals surface area contributed by atoms with Gasteiger partial charge in [-0.25, -0.2) is 5.43 Å². The summed E-state index contributed by atoms with van der Waals surface area (Å²) in [6, 6.07) is 12.8. The molecule has 4 aliphatic heterocycles. The van der Waals surface area contributed by atoms with Gasteiger partial charge in [0.25, 0.3) is 5.91 Å². The molecule has 2 aromatic carbocycles. The third-order valence-electron chi connectivity index (χ3n) is 10.4. The summed E-state index contributed by atoms with van der Waals surface area (Å²) in [7, 11) is 0. The summed E-state index contributed by atoms with van der Waals surface area (Å²) in [5.74, 6) is 0.773. The van der Waals surface area contributed by atoms with E-state index in [4.69, 9.17) is 4.74 Å². The lowest BCUT2D eigenvalue weighted by molar-refractivity contribution is -0.132. The van der Waals surface area contributed by atoms with E-state index in [0.717, 1.165) is 33.9 Å². The predicted molar refractivity (Wildman–Crippen MR) is 161 cm³/mol. The largest absolute Gasteiger partial charge is 0.366 e. The Morgan fingerprint density at radius 3 is 2.54 bits per heavy atom. The van der Waals surface area contributed by atoms with Gasteiger partial charge in [-0.15, -0.1) is 0 Å². The number of halogens is 1. The maximum atomic E-state index is 14.3. The molecule has 0 spiro atoms. The second kappa shape index (κ2) is 9.47. The molecule has 9 rings (SSSR count). The average Bonchev–Trinajstić information content (AvgIpc) is 3.56. The minimum atomic E-state index is -0.255. The predicted octanol–water partition coefficient (Wildman–Crippen LogP) is 3.89. The van der Waals surface area contributed by atoms with E-state index in [1.807, 2.05) is 17.0 Å². The Kier molecular flexibility index (Phi) is 5.92. The van der Waals surface area contributed by atoms with E-state index in [-0.39, 0.29) is 36.0 Å². The molecule has 0 radical (unpaired) electrons. The minimum absolute atomic E-state index is 0.0139. The number of carbonyl (C=O) groups excluding carboxylic acids is 2. The first-order chi connectivity index (χ1) is 20.0. The summed E-state index contributed by atoms with van der Waals surface area (Å²) in [4.78, 5) is 30.9. The van der Waals surface area contributed by atoms with Gasteiger partial charge in [0.15, 0.2) is 0 Å². The van der Waals surface area contributed by atoms with Crippen LogP contribution in [0.5, 0.6) is 0 Å². The number of benzene rings is 2. The molecule has 2 aromatic rings. The zero-order valence-corrected chi connectivity index (χ0v) is 24.5. The number of hydrogen-bond donors (Lipinski definition) is 3. The molecule has 41 heavy (non-hydrogen) atoms. The number of likely N-dealkylation sites (tertiary alicyclic amines) is 1. The average molecular weight is 620 g/mol. The van der Waals surface area contributed by atoms with Crippen LogP contribution in [0.1, 0.15) is 41.6 Å². The molecule has 3 aliphatic carbocycles. The number of piperidine rings is 1. The lowest BCUT2D eigenvalue weighted by atomic mass is 9.42. The van der Waals surface area contributed by atoms with Crippen molar-refractivity contribution in [2.24, 2.45) is 11.8 Å². The molecule has 3 saturated heterocycles. The molecule has 214 valence electrons. The van der Waals surface area contributed by atoms with Crippen LogP contribution in [0.25, 0.3) is 0 Å². The van der Waals surface area contributed by atoms with Crippen molar-refractivity contribution >= 4 is 44.8 Å². The fourth-order valence-electron chi connectivity index (χ4n) is 8.24. The zero-order valence-electron chi connectivity index (χ0n) is 22.9. The van der Waals surface area contributed by atoms with Crippen LogP contribution in [-0.4, -0.2) is 72.8 Å². The van der Waals surface area contributed by atoms with E-state index < -0.39 is 0 Å². The smallest absolute Gasteiger partial charge is 0.256 e. The van der Waals surface area contributed by atoms with Crippen molar-refractivity contribution in [3.8, 4) is 0 Å². The molecule has 7 aliphatic rings. The van der Waals surface area contributed by atoms with Gasteiger partial charge < -0.3 is 30.2 Å². The Morgan fingerprint density at radius 1 is 1.02 bits per heavy atom. The lowest BCUT2D eigenvalue weighted by Gasteiger charge is -2.62. The monoisotopic (exact) mass is 618 g/mol. The molecule has 4 unspecified atom stereocenters. The number of fused-ring (bicyclic) bond motifs is 1. The molecular weight excluding hydrogens is 584 g/mol. The van der Waals surface area contributed by atoms with Gasteiger partial charge in [-0.3, -0.25) is 9.59 Å². The number of carbonyl (C=O) groups is 2. The van der Waals surface area contributed by atoms with Crippen molar-refractivity contribution in [1.82, 2.24) is 15.2 Å². The number of hydrazine groups is 1. The van der Waals surface area contributed by atoms with Crippen molar-refractivity contribution in [2.45, 2.75) is 49.4 Å². The van der Waals surface area contributed by atoms with Crippen molar-refractivity contribution in [3.63, 3.8) is 0 Å². The van der Waals surface area contributed by atoms with Gasteiger partial charge in [0, 0.05) is 30.0 Å². The second-order valence-corrected chi connectivity index (χ2v) is 13.3. The van der Waals surface area contributed by atoms with Gasteiger partial charge in [-0.1, -0.05) is 18.7 Å². The van der Waals surface area contributed by atoms with Crippen LogP contribution in [0.4, 0.5) is 17.1 Å². The highest BCUT2D eigenvalue weighted by molar-refractivity contribution is 9.10. The van der Waals surface area contributed by atoms with E-state index >= 15 is 0 Å². The molecule has 4 atom stereocenters. The SMILES string of the molecule is C=CC(=O)N1CCOC2NN(c3ccc(C45CC(C4)C5)cc3)C3CCN(C(=O)c4ccc(Br)c5c4NCN5)C(C1)C23. The Bertz CT molecular complexity index is 1410.